The normalized spacial score (nSPS) is 15.6. The molecule has 15 heavy (non-hydrogen) atoms. The number of benzene rings is 1. The molecular formula is C11H14N2O2. The molecule has 1 aliphatic heterocycles. The lowest BCUT2D eigenvalue weighted by Gasteiger charge is -2.18. The third-order valence-corrected chi connectivity index (χ3v) is 2.74. The van der Waals surface area contributed by atoms with E-state index in [0.29, 0.717) is 5.69 Å². The van der Waals surface area contributed by atoms with Crippen molar-refractivity contribution in [2.75, 3.05) is 23.7 Å². The molecule has 1 aromatic rings. The van der Waals surface area contributed by atoms with Crippen LogP contribution in [0.5, 0.6) is 0 Å². The average Bonchev–Trinajstić information content (AvgIpc) is 2.71. The second kappa shape index (κ2) is 3.81. The summed E-state index contributed by atoms with van der Waals surface area (Å²) in [6, 6.07) is 5.20. The minimum Gasteiger partial charge on any atom is -0.478 e. The molecule has 1 aromatic carbocycles. The van der Waals surface area contributed by atoms with Crippen LogP contribution in [0.25, 0.3) is 0 Å². The van der Waals surface area contributed by atoms with E-state index in [-0.39, 0.29) is 5.56 Å². The highest BCUT2D eigenvalue weighted by atomic mass is 16.4. The number of carboxylic acids is 1. The van der Waals surface area contributed by atoms with Gasteiger partial charge < -0.3 is 15.7 Å². The molecule has 1 saturated heterocycles. The Bertz CT molecular complexity index is 384. The lowest BCUT2D eigenvalue weighted by atomic mass is 10.1. The van der Waals surface area contributed by atoms with Gasteiger partial charge in [0.25, 0.3) is 0 Å². The number of carboxylic acid groups (broad SMARTS) is 1. The van der Waals surface area contributed by atoms with Gasteiger partial charge in [0.05, 0.1) is 5.56 Å². The van der Waals surface area contributed by atoms with E-state index >= 15 is 0 Å². The molecule has 3 N–H and O–H groups in total. The third kappa shape index (κ3) is 1.88. The zero-order valence-electron chi connectivity index (χ0n) is 8.44. The largest absolute Gasteiger partial charge is 0.478 e. The van der Waals surface area contributed by atoms with Crippen molar-refractivity contribution in [2.24, 2.45) is 0 Å². The van der Waals surface area contributed by atoms with Crippen LogP contribution < -0.4 is 10.6 Å². The molecule has 1 fully saturated rings. The van der Waals surface area contributed by atoms with Crippen molar-refractivity contribution < 1.29 is 9.90 Å². The van der Waals surface area contributed by atoms with Gasteiger partial charge in [-0.3, -0.25) is 0 Å². The Morgan fingerprint density at radius 2 is 2.00 bits per heavy atom. The predicted molar refractivity (Wildman–Crippen MR) is 59.3 cm³/mol. The van der Waals surface area contributed by atoms with E-state index < -0.39 is 5.97 Å². The van der Waals surface area contributed by atoms with Crippen LogP contribution in [-0.2, 0) is 0 Å². The maximum atomic E-state index is 10.9. The predicted octanol–water partition coefficient (Wildman–Crippen LogP) is 1.57. The van der Waals surface area contributed by atoms with Crippen LogP contribution in [0.4, 0.5) is 11.4 Å². The van der Waals surface area contributed by atoms with Gasteiger partial charge in [-0.1, -0.05) is 0 Å². The first-order chi connectivity index (χ1) is 7.18. The molecule has 0 spiro atoms. The lowest BCUT2D eigenvalue weighted by molar-refractivity contribution is 0.0698. The van der Waals surface area contributed by atoms with Gasteiger partial charge in [0.15, 0.2) is 0 Å². The van der Waals surface area contributed by atoms with E-state index in [4.69, 9.17) is 10.8 Å². The van der Waals surface area contributed by atoms with E-state index in [2.05, 4.69) is 4.90 Å². The Hall–Kier alpha value is -1.71. The summed E-state index contributed by atoms with van der Waals surface area (Å²) in [6.07, 6.45) is 2.35. The molecule has 0 unspecified atom stereocenters. The Morgan fingerprint density at radius 3 is 2.60 bits per heavy atom. The van der Waals surface area contributed by atoms with Crippen molar-refractivity contribution in [3.63, 3.8) is 0 Å². The van der Waals surface area contributed by atoms with Crippen LogP contribution >= 0.6 is 0 Å². The number of nitrogens with zero attached hydrogens (tertiary/aromatic N) is 1. The summed E-state index contributed by atoms with van der Waals surface area (Å²) in [5.41, 5.74) is 7.07. The quantitative estimate of drug-likeness (QED) is 0.721. The summed E-state index contributed by atoms with van der Waals surface area (Å²) in [5, 5.41) is 8.93. The average molecular weight is 206 g/mol. The summed E-state index contributed by atoms with van der Waals surface area (Å²) in [4.78, 5) is 13.1. The second-order valence-corrected chi connectivity index (χ2v) is 3.77. The van der Waals surface area contributed by atoms with Crippen LogP contribution in [0.2, 0.25) is 0 Å². The Labute approximate surface area is 88.3 Å². The number of carbonyl (C=O) groups is 1. The smallest absolute Gasteiger partial charge is 0.337 e. The molecule has 4 nitrogen and oxygen atoms in total. The van der Waals surface area contributed by atoms with Crippen LogP contribution in [-0.4, -0.2) is 24.2 Å². The first kappa shape index (κ1) is 9.83. The Kier molecular flexibility index (Phi) is 2.49. The molecule has 1 heterocycles. The molecule has 0 atom stereocenters. The van der Waals surface area contributed by atoms with Gasteiger partial charge in [-0.15, -0.1) is 0 Å². The molecule has 0 saturated carbocycles. The Balaban J connectivity index is 2.33. The highest BCUT2D eigenvalue weighted by Gasteiger charge is 2.15. The number of hydrogen-bond donors (Lipinski definition) is 2. The monoisotopic (exact) mass is 206 g/mol. The van der Waals surface area contributed by atoms with Crippen molar-refractivity contribution >= 4 is 17.3 Å². The summed E-state index contributed by atoms with van der Waals surface area (Å²) in [7, 11) is 0. The van der Waals surface area contributed by atoms with Crippen molar-refractivity contribution in [1.82, 2.24) is 0 Å². The van der Waals surface area contributed by atoms with Gasteiger partial charge >= 0.3 is 5.97 Å². The van der Waals surface area contributed by atoms with E-state index in [1.54, 1.807) is 12.1 Å². The van der Waals surface area contributed by atoms with E-state index in [1.165, 1.54) is 12.8 Å². The second-order valence-electron chi connectivity index (χ2n) is 3.77. The van der Waals surface area contributed by atoms with Crippen molar-refractivity contribution in [3.05, 3.63) is 23.8 Å². The first-order valence-electron chi connectivity index (χ1n) is 5.06. The van der Waals surface area contributed by atoms with E-state index in [0.717, 1.165) is 18.8 Å². The minimum atomic E-state index is -0.964. The molecule has 4 heteroatoms. The van der Waals surface area contributed by atoms with Crippen molar-refractivity contribution in [1.29, 1.82) is 0 Å². The number of rotatable bonds is 2. The maximum Gasteiger partial charge on any atom is 0.337 e. The highest BCUT2D eigenvalue weighted by molar-refractivity contribution is 5.94. The molecule has 80 valence electrons. The number of aromatic carboxylic acids is 1. The number of anilines is 2. The summed E-state index contributed by atoms with van der Waals surface area (Å²) < 4.78 is 0. The van der Waals surface area contributed by atoms with Crippen LogP contribution in [0.15, 0.2) is 18.2 Å². The number of nitrogens with two attached hydrogens (primary N) is 1. The lowest BCUT2D eigenvalue weighted by Crippen LogP contribution is -2.18. The Morgan fingerprint density at radius 1 is 1.33 bits per heavy atom. The zero-order chi connectivity index (χ0) is 10.8. The van der Waals surface area contributed by atoms with Gasteiger partial charge in [0.2, 0.25) is 0 Å². The molecule has 0 bridgehead atoms. The van der Waals surface area contributed by atoms with Crippen molar-refractivity contribution in [3.8, 4) is 0 Å². The fourth-order valence-electron chi connectivity index (χ4n) is 1.90. The molecule has 0 aromatic heterocycles. The number of nitrogen functional groups attached to an aromatic ring is 1. The van der Waals surface area contributed by atoms with E-state index in [9.17, 15) is 4.79 Å². The highest BCUT2D eigenvalue weighted by Crippen LogP contribution is 2.24. The fourth-order valence-corrected chi connectivity index (χ4v) is 1.90. The van der Waals surface area contributed by atoms with Crippen LogP contribution in [0.1, 0.15) is 23.2 Å². The summed E-state index contributed by atoms with van der Waals surface area (Å²) >= 11 is 0. The molecule has 2 rings (SSSR count). The third-order valence-electron chi connectivity index (χ3n) is 2.74. The topological polar surface area (TPSA) is 66.6 Å². The fraction of sp³-hybridized carbons (Fsp3) is 0.364. The molecule has 1 aliphatic rings. The van der Waals surface area contributed by atoms with Crippen LogP contribution in [0.3, 0.4) is 0 Å². The molecule has 0 aliphatic carbocycles. The zero-order valence-corrected chi connectivity index (χ0v) is 8.44. The summed E-state index contributed by atoms with van der Waals surface area (Å²) in [5.74, 6) is -0.964. The first-order valence-corrected chi connectivity index (χ1v) is 5.06. The van der Waals surface area contributed by atoms with Crippen molar-refractivity contribution in [2.45, 2.75) is 12.8 Å². The standard InChI is InChI=1S/C11H14N2O2/c12-10-4-3-8(7-9(10)11(14)15)13-5-1-2-6-13/h3-4,7H,1-2,5-6,12H2,(H,14,15). The van der Waals surface area contributed by atoms with Gasteiger partial charge in [-0.05, 0) is 31.0 Å². The minimum absolute atomic E-state index is 0.194. The van der Waals surface area contributed by atoms with Gasteiger partial charge in [0.1, 0.15) is 0 Å². The van der Waals surface area contributed by atoms with Gasteiger partial charge in [-0.25, -0.2) is 4.79 Å². The molecular weight excluding hydrogens is 192 g/mol. The molecule has 0 amide bonds. The maximum absolute atomic E-state index is 10.9. The van der Waals surface area contributed by atoms with Gasteiger partial charge in [-0.2, -0.15) is 0 Å². The molecule has 0 radical (unpaired) electrons. The SMILES string of the molecule is Nc1ccc(N2CCCC2)cc1C(=O)O. The van der Waals surface area contributed by atoms with Crippen LogP contribution in [0, 0.1) is 0 Å². The number of hydrogen-bond acceptors (Lipinski definition) is 3. The van der Waals surface area contributed by atoms with E-state index in [1.807, 2.05) is 6.07 Å². The van der Waals surface area contributed by atoms with Gasteiger partial charge in [0, 0.05) is 24.5 Å². The summed E-state index contributed by atoms with van der Waals surface area (Å²) in [6.45, 7) is 2.01.